The molecule has 2 aliphatic rings. The molecule has 6 atom stereocenters. The van der Waals surface area contributed by atoms with Crippen LogP contribution < -0.4 is 0 Å². The number of hydrogen-bond donors (Lipinski definition) is 0. The SMILES string of the molecule is CCS[C@@H]1O[C@@H]2COC(c3ccccc3)O[C@H]2[C@H](OCc2ccccc2)[C@H]1OCc1cn(-c2ccccc2)nn1. The Labute approximate surface area is 238 Å². The van der Waals surface area contributed by atoms with Gasteiger partial charge in [0.2, 0.25) is 0 Å². The molecule has 208 valence electrons. The predicted molar refractivity (Wildman–Crippen MR) is 152 cm³/mol. The van der Waals surface area contributed by atoms with E-state index in [1.165, 1.54) is 0 Å². The Balaban J connectivity index is 1.24. The van der Waals surface area contributed by atoms with Crippen molar-refractivity contribution in [2.75, 3.05) is 12.4 Å². The Bertz CT molecular complexity index is 1330. The minimum atomic E-state index is -0.504. The fourth-order valence-corrected chi connectivity index (χ4v) is 5.98. The zero-order valence-corrected chi connectivity index (χ0v) is 23.1. The van der Waals surface area contributed by atoms with Gasteiger partial charge in [-0.1, -0.05) is 91.0 Å². The fraction of sp³-hybridized carbons (Fsp3) is 0.355. The smallest absolute Gasteiger partial charge is 0.184 e. The van der Waals surface area contributed by atoms with Gasteiger partial charge in [0.25, 0.3) is 0 Å². The van der Waals surface area contributed by atoms with Crippen molar-refractivity contribution in [2.24, 2.45) is 0 Å². The van der Waals surface area contributed by atoms with Crippen LogP contribution >= 0.6 is 11.8 Å². The number of benzene rings is 3. The van der Waals surface area contributed by atoms with E-state index >= 15 is 0 Å². The number of rotatable bonds is 10. The van der Waals surface area contributed by atoms with Gasteiger partial charge < -0.3 is 23.7 Å². The van der Waals surface area contributed by atoms with Crippen molar-refractivity contribution in [3.8, 4) is 5.69 Å². The van der Waals surface area contributed by atoms with Crippen molar-refractivity contribution in [1.82, 2.24) is 15.0 Å². The van der Waals surface area contributed by atoms with Gasteiger partial charge in [0, 0.05) is 5.56 Å². The van der Waals surface area contributed by atoms with Crippen LogP contribution in [-0.4, -0.2) is 57.2 Å². The van der Waals surface area contributed by atoms with Gasteiger partial charge in [-0.3, -0.25) is 0 Å². The second-order valence-corrected chi connectivity index (χ2v) is 11.1. The lowest BCUT2D eigenvalue weighted by molar-refractivity contribution is -0.329. The summed E-state index contributed by atoms with van der Waals surface area (Å²) in [5, 5.41) is 8.64. The highest BCUT2D eigenvalue weighted by Crippen LogP contribution is 2.39. The summed E-state index contributed by atoms with van der Waals surface area (Å²) in [4.78, 5) is 0. The maximum Gasteiger partial charge on any atom is 0.184 e. The molecule has 0 aliphatic carbocycles. The minimum absolute atomic E-state index is 0.253. The Morgan fingerprint density at radius 2 is 1.55 bits per heavy atom. The monoisotopic (exact) mass is 559 g/mol. The van der Waals surface area contributed by atoms with Crippen LogP contribution in [0.25, 0.3) is 5.69 Å². The van der Waals surface area contributed by atoms with Crippen LogP contribution in [0, 0.1) is 0 Å². The summed E-state index contributed by atoms with van der Waals surface area (Å²) in [7, 11) is 0. The highest BCUT2D eigenvalue weighted by Gasteiger charge is 2.51. The summed E-state index contributed by atoms with van der Waals surface area (Å²) in [6, 6.07) is 30.0. The third kappa shape index (κ3) is 6.30. The van der Waals surface area contributed by atoms with E-state index in [0.717, 1.165) is 28.3 Å². The molecule has 0 saturated carbocycles. The fourth-order valence-electron chi connectivity index (χ4n) is 5.01. The Kier molecular flexibility index (Phi) is 8.87. The van der Waals surface area contributed by atoms with Crippen molar-refractivity contribution < 1.29 is 23.7 Å². The van der Waals surface area contributed by atoms with E-state index in [0.29, 0.717) is 13.2 Å². The number of hydrogen-bond acceptors (Lipinski definition) is 8. The number of para-hydroxylation sites is 1. The van der Waals surface area contributed by atoms with Crippen LogP contribution in [0.2, 0.25) is 0 Å². The lowest BCUT2D eigenvalue weighted by atomic mass is 9.98. The van der Waals surface area contributed by atoms with Gasteiger partial charge in [0.15, 0.2) is 6.29 Å². The average Bonchev–Trinajstić information content (AvgIpc) is 3.50. The topological polar surface area (TPSA) is 76.9 Å². The molecule has 0 bridgehead atoms. The van der Waals surface area contributed by atoms with E-state index in [2.05, 4.69) is 29.4 Å². The standard InChI is InChI=1S/C31H33N3O5S/c1-2-40-31-29(36-20-24-18-34(33-32-24)25-16-10-5-11-17-25)28(35-19-22-12-6-3-7-13-22)27-26(38-31)21-37-30(39-27)23-14-8-4-9-15-23/h3-18,26-31H,2,19-21H2,1H3/t26-,27-,28+,29-,30?,31+/m1/s1. The molecule has 40 heavy (non-hydrogen) atoms. The molecule has 0 N–H and O–H groups in total. The average molecular weight is 560 g/mol. The first-order valence-electron chi connectivity index (χ1n) is 13.6. The molecule has 9 heteroatoms. The van der Waals surface area contributed by atoms with E-state index in [9.17, 15) is 0 Å². The maximum absolute atomic E-state index is 6.63. The molecule has 0 spiro atoms. The molecule has 2 aliphatic heterocycles. The van der Waals surface area contributed by atoms with Crippen LogP contribution in [0.4, 0.5) is 0 Å². The summed E-state index contributed by atoms with van der Waals surface area (Å²) in [5.41, 5.74) is 3.46. The molecule has 1 aromatic heterocycles. The number of fused-ring (bicyclic) bond motifs is 1. The normalized spacial score (nSPS) is 26.3. The van der Waals surface area contributed by atoms with Crippen LogP contribution in [0.5, 0.6) is 0 Å². The van der Waals surface area contributed by atoms with E-state index in [1.54, 1.807) is 16.4 Å². The number of thioether (sulfide) groups is 1. The second-order valence-electron chi connectivity index (χ2n) is 9.70. The summed E-state index contributed by atoms with van der Waals surface area (Å²) >= 11 is 1.70. The predicted octanol–water partition coefficient (Wildman–Crippen LogP) is 5.33. The van der Waals surface area contributed by atoms with E-state index in [4.69, 9.17) is 23.7 Å². The zero-order valence-electron chi connectivity index (χ0n) is 22.3. The van der Waals surface area contributed by atoms with E-state index < -0.39 is 12.4 Å². The van der Waals surface area contributed by atoms with Gasteiger partial charge in [0.1, 0.15) is 35.5 Å². The summed E-state index contributed by atoms with van der Waals surface area (Å²) in [6.45, 7) is 3.22. The maximum atomic E-state index is 6.63. The van der Waals surface area contributed by atoms with Crippen LogP contribution in [-0.2, 0) is 36.9 Å². The molecule has 3 aromatic carbocycles. The molecule has 1 unspecified atom stereocenters. The Hall–Kier alpha value is -3.05. The summed E-state index contributed by atoms with van der Waals surface area (Å²) in [5.74, 6) is 0.867. The molecule has 4 aromatic rings. The summed E-state index contributed by atoms with van der Waals surface area (Å²) in [6.07, 6.45) is -0.0470. The molecular formula is C31H33N3O5S. The summed E-state index contributed by atoms with van der Waals surface area (Å²) < 4.78 is 34.2. The molecule has 3 heterocycles. The van der Waals surface area contributed by atoms with Crippen molar-refractivity contribution in [1.29, 1.82) is 0 Å². The van der Waals surface area contributed by atoms with E-state index in [-0.39, 0.29) is 30.4 Å². The van der Waals surface area contributed by atoms with Crippen molar-refractivity contribution >= 4 is 11.8 Å². The minimum Gasteiger partial charge on any atom is -0.368 e. The lowest BCUT2D eigenvalue weighted by Crippen LogP contribution is -2.62. The van der Waals surface area contributed by atoms with Crippen molar-refractivity contribution in [3.05, 3.63) is 114 Å². The van der Waals surface area contributed by atoms with Gasteiger partial charge in [0.05, 0.1) is 31.7 Å². The third-order valence-corrected chi connectivity index (χ3v) is 8.00. The largest absolute Gasteiger partial charge is 0.368 e. The first kappa shape index (κ1) is 27.1. The van der Waals surface area contributed by atoms with Crippen molar-refractivity contribution in [3.63, 3.8) is 0 Å². The van der Waals surface area contributed by atoms with Crippen LogP contribution in [0.3, 0.4) is 0 Å². The first-order valence-corrected chi connectivity index (χ1v) is 14.7. The molecule has 8 nitrogen and oxygen atoms in total. The van der Waals surface area contributed by atoms with Gasteiger partial charge >= 0.3 is 0 Å². The Morgan fingerprint density at radius 3 is 2.30 bits per heavy atom. The van der Waals surface area contributed by atoms with Crippen molar-refractivity contribution in [2.45, 2.75) is 56.3 Å². The molecule has 6 rings (SSSR count). The quantitative estimate of drug-likeness (QED) is 0.258. The number of ether oxygens (including phenoxy) is 5. The number of nitrogens with zero attached hydrogens (tertiary/aromatic N) is 3. The molecule has 2 saturated heterocycles. The number of aromatic nitrogens is 3. The lowest BCUT2D eigenvalue weighted by Gasteiger charge is -2.49. The molecule has 0 amide bonds. The molecule has 0 radical (unpaired) electrons. The highest BCUT2D eigenvalue weighted by atomic mass is 32.2. The highest BCUT2D eigenvalue weighted by molar-refractivity contribution is 7.99. The zero-order chi connectivity index (χ0) is 27.1. The Morgan fingerprint density at radius 1 is 0.850 bits per heavy atom. The van der Waals surface area contributed by atoms with Crippen LogP contribution in [0.15, 0.2) is 97.2 Å². The van der Waals surface area contributed by atoms with Gasteiger partial charge in [-0.05, 0) is 23.4 Å². The van der Waals surface area contributed by atoms with Crippen LogP contribution in [0.1, 0.15) is 30.0 Å². The second kappa shape index (κ2) is 13.1. The van der Waals surface area contributed by atoms with Gasteiger partial charge in [-0.2, -0.15) is 0 Å². The van der Waals surface area contributed by atoms with E-state index in [1.807, 2.05) is 85.1 Å². The first-order chi connectivity index (χ1) is 19.8. The van der Waals surface area contributed by atoms with Gasteiger partial charge in [-0.25, -0.2) is 4.68 Å². The third-order valence-electron chi connectivity index (χ3n) is 6.96. The van der Waals surface area contributed by atoms with Gasteiger partial charge in [-0.15, -0.1) is 16.9 Å². The molecular weight excluding hydrogens is 526 g/mol. The molecule has 2 fully saturated rings.